The number of thiazole rings is 1. The Morgan fingerprint density at radius 3 is 2.44 bits per heavy atom. The lowest BCUT2D eigenvalue weighted by molar-refractivity contribution is -0.113. The maximum atomic E-state index is 13.4. The second-order valence-electron chi connectivity index (χ2n) is 6.78. The molecule has 0 aliphatic heterocycles. The van der Waals surface area contributed by atoms with Crippen LogP contribution in [-0.4, -0.2) is 32.2 Å². The zero-order valence-electron chi connectivity index (χ0n) is 17.9. The number of aromatic nitrogens is 1. The van der Waals surface area contributed by atoms with Gasteiger partial charge in [-0.15, -0.1) is 0 Å². The van der Waals surface area contributed by atoms with Crippen LogP contribution in [0.25, 0.3) is 16.3 Å². The van der Waals surface area contributed by atoms with Gasteiger partial charge in [-0.3, -0.25) is 9.69 Å². The van der Waals surface area contributed by atoms with Crippen molar-refractivity contribution >= 4 is 44.4 Å². The number of amides is 1. The van der Waals surface area contributed by atoms with Crippen LogP contribution in [0.5, 0.6) is 17.2 Å². The normalized spacial score (nSPS) is 11.0. The molecule has 0 N–H and O–H groups in total. The summed E-state index contributed by atoms with van der Waals surface area (Å²) in [5.74, 6) is 1.72. The van der Waals surface area contributed by atoms with Crippen molar-refractivity contribution in [3.63, 3.8) is 0 Å². The van der Waals surface area contributed by atoms with Gasteiger partial charge in [-0.1, -0.05) is 29.5 Å². The van der Waals surface area contributed by atoms with Crippen molar-refractivity contribution in [1.82, 2.24) is 4.98 Å². The number of carbonyl (C=O) groups excluding carboxylic acids is 1. The first-order valence-corrected chi connectivity index (χ1v) is 10.7. The molecular formula is C25H22N2O4S. The van der Waals surface area contributed by atoms with E-state index >= 15 is 0 Å². The second-order valence-corrected chi connectivity index (χ2v) is 7.79. The van der Waals surface area contributed by atoms with Crippen LogP contribution in [0.1, 0.15) is 5.56 Å². The van der Waals surface area contributed by atoms with Crippen LogP contribution < -0.4 is 19.1 Å². The molecule has 0 spiro atoms. The minimum absolute atomic E-state index is 0.248. The second kappa shape index (κ2) is 9.53. The fourth-order valence-electron chi connectivity index (χ4n) is 3.24. The topological polar surface area (TPSA) is 60.9 Å². The summed E-state index contributed by atoms with van der Waals surface area (Å²) in [4.78, 5) is 19.7. The van der Waals surface area contributed by atoms with Crippen molar-refractivity contribution in [3.8, 4) is 17.2 Å². The van der Waals surface area contributed by atoms with Gasteiger partial charge in [-0.25, -0.2) is 4.98 Å². The fourth-order valence-corrected chi connectivity index (χ4v) is 4.23. The maximum Gasteiger partial charge on any atom is 0.257 e. The molecule has 0 aliphatic rings. The van der Waals surface area contributed by atoms with E-state index in [1.165, 1.54) is 17.4 Å². The average molecular weight is 447 g/mol. The highest BCUT2D eigenvalue weighted by atomic mass is 32.1. The Kier molecular flexibility index (Phi) is 6.37. The lowest BCUT2D eigenvalue weighted by atomic mass is 10.1. The molecule has 4 rings (SSSR count). The van der Waals surface area contributed by atoms with Gasteiger partial charge in [-0.05, 0) is 48.5 Å². The maximum absolute atomic E-state index is 13.4. The molecule has 6 nitrogen and oxygen atoms in total. The molecule has 32 heavy (non-hydrogen) atoms. The Morgan fingerprint density at radius 1 is 0.906 bits per heavy atom. The first-order chi connectivity index (χ1) is 15.6. The first kappa shape index (κ1) is 21.4. The summed E-state index contributed by atoms with van der Waals surface area (Å²) < 4.78 is 17.1. The third-order valence-electron chi connectivity index (χ3n) is 4.85. The van der Waals surface area contributed by atoms with Crippen LogP contribution in [0, 0.1) is 0 Å². The predicted octanol–water partition coefficient (Wildman–Crippen LogP) is 5.70. The quantitative estimate of drug-likeness (QED) is 0.341. The Morgan fingerprint density at radius 2 is 1.69 bits per heavy atom. The number of ether oxygens (including phenoxy) is 3. The van der Waals surface area contributed by atoms with E-state index in [0.29, 0.717) is 28.1 Å². The summed E-state index contributed by atoms with van der Waals surface area (Å²) in [6.07, 6.45) is 3.22. The standard InChI is InChI=1S/C25H22N2O4S/c1-29-19-8-6-7-18(16-19)27(25-26-21-9-4-5-10-23(21)32-25)24(28)14-11-17-15-20(30-2)12-13-22(17)31-3/h4-16H,1-3H3/b14-11+. The van der Waals surface area contributed by atoms with E-state index in [0.717, 1.165) is 15.8 Å². The van der Waals surface area contributed by atoms with Gasteiger partial charge in [0.05, 0.1) is 37.2 Å². The van der Waals surface area contributed by atoms with Crippen molar-refractivity contribution in [2.75, 3.05) is 26.2 Å². The highest BCUT2D eigenvalue weighted by Gasteiger charge is 2.21. The van der Waals surface area contributed by atoms with Crippen LogP contribution in [0.3, 0.4) is 0 Å². The number of nitrogens with zero attached hydrogens (tertiary/aromatic N) is 2. The largest absolute Gasteiger partial charge is 0.497 e. The van der Waals surface area contributed by atoms with Gasteiger partial charge < -0.3 is 14.2 Å². The Bertz CT molecular complexity index is 1250. The van der Waals surface area contributed by atoms with Crippen LogP contribution >= 0.6 is 11.3 Å². The number of anilines is 2. The van der Waals surface area contributed by atoms with E-state index in [2.05, 4.69) is 4.98 Å². The summed E-state index contributed by atoms with van der Waals surface area (Å²) in [5, 5.41) is 0.576. The van der Waals surface area contributed by atoms with Gasteiger partial charge in [0.2, 0.25) is 0 Å². The molecule has 0 aliphatic carbocycles. The summed E-state index contributed by atoms with van der Waals surface area (Å²) >= 11 is 1.45. The summed E-state index contributed by atoms with van der Waals surface area (Å²) in [7, 11) is 4.78. The molecule has 0 unspecified atom stereocenters. The monoisotopic (exact) mass is 446 g/mol. The molecule has 7 heteroatoms. The van der Waals surface area contributed by atoms with Crippen LogP contribution in [0.4, 0.5) is 10.8 Å². The van der Waals surface area contributed by atoms with E-state index in [1.54, 1.807) is 38.4 Å². The van der Waals surface area contributed by atoms with E-state index in [4.69, 9.17) is 14.2 Å². The first-order valence-electron chi connectivity index (χ1n) is 9.86. The zero-order valence-corrected chi connectivity index (χ0v) is 18.8. The van der Waals surface area contributed by atoms with Crippen molar-refractivity contribution < 1.29 is 19.0 Å². The molecule has 162 valence electrons. The average Bonchev–Trinajstić information content (AvgIpc) is 3.26. The van der Waals surface area contributed by atoms with Gasteiger partial charge in [0.15, 0.2) is 5.13 Å². The molecule has 0 atom stereocenters. The number of carbonyl (C=O) groups is 1. The number of para-hydroxylation sites is 1. The van der Waals surface area contributed by atoms with Gasteiger partial charge >= 0.3 is 0 Å². The molecule has 0 radical (unpaired) electrons. The fraction of sp³-hybridized carbons (Fsp3) is 0.120. The minimum atomic E-state index is -0.248. The number of fused-ring (bicyclic) bond motifs is 1. The van der Waals surface area contributed by atoms with Gasteiger partial charge in [0.25, 0.3) is 5.91 Å². The molecule has 0 saturated heterocycles. The van der Waals surface area contributed by atoms with Crippen molar-refractivity contribution in [2.24, 2.45) is 0 Å². The number of methoxy groups -OCH3 is 3. The molecule has 0 fully saturated rings. The summed E-state index contributed by atoms with van der Waals surface area (Å²) in [5.41, 5.74) is 2.23. The van der Waals surface area contributed by atoms with E-state index in [9.17, 15) is 4.79 Å². The third kappa shape index (κ3) is 4.43. The van der Waals surface area contributed by atoms with E-state index in [-0.39, 0.29) is 5.91 Å². The molecular weight excluding hydrogens is 424 g/mol. The van der Waals surface area contributed by atoms with Gasteiger partial charge in [0, 0.05) is 17.7 Å². The van der Waals surface area contributed by atoms with E-state index in [1.807, 2.05) is 60.7 Å². The van der Waals surface area contributed by atoms with Crippen molar-refractivity contribution in [3.05, 3.63) is 78.4 Å². The molecule has 0 bridgehead atoms. The minimum Gasteiger partial charge on any atom is -0.497 e. The van der Waals surface area contributed by atoms with Gasteiger partial charge in [-0.2, -0.15) is 0 Å². The molecule has 0 saturated carbocycles. The third-order valence-corrected chi connectivity index (χ3v) is 5.87. The molecule has 1 aromatic heterocycles. The van der Waals surface area contributed by atoms with Crippen molar-refractivity contribution in [1.29, 1.82) is 0 Å². The Balaban J connectivity index is 1.76. The number of hydrogen-bond donors (Lipinski definition) is 0. The van der Waals surface area contributed by atoms with Crippen LogP contribution in [-0.2, 0) is 4.79 Å². The van der Waals surface area contributed by atoms with E-state index < -0.39 is 0 Å². The van der Waals surface area contributed by atoms with Gasteiger partial charge in [0.1, 0.15) is 17.2 Å². The predicted molar refractivity (Wildman–Crippen MR) is 128 cm³/mol. The highest BCUT2D eigenvalue weighted by molar-refractivity contribution is 7.22. The molecule has 1 heterocycles. The summed E-state index contributed by atoms with van der Waals surface area (Å²) in [6, 6.07) is 20.6. The molecule has 4 aromatic rings. The SMILES string of the molecule is COc1cccc(N(C(=O)/C=C/c2cc(OC)ccc2OC)c2nc3ccccc3s2)c1. The number of benzene rings is 3. The smallest absolute Gasteiger partial charge is 0.257 e. The van der Waals surface area contributed by atoms with Crippen LogP contribution in [0.15, 0.2) is 72.8 Å². The lowest BCUT2D eigenvalue weighted by Crippen LogP contribution is -2.23. The van der Waals surface area contributed by atoms with Crippen molar-refractivity contribution in [2.45, 2.75) is 0 Å². The summed E-state index contributed by atoms with van der Waals surface area (Å²) in [6.45, 7) is 0. The lowest BCUT2D eigenvalue weighted by Gasteiger charge is -2.19. The molecule has 3 aromatic carbocycles. The highest BCUT2D eigenvalue weighted by Crippen LogP contribution is 2.35. The number of rotatable bonds is 7. The van der Waals surface area contributed by atoms with Crippen LogP contribution in [0.2, 0.25) is 0 Å². The number of hydrogen-bond acceptors (Lipinski definition) is 6. The Hall–Kier alpha value is -3.84. The Labute approximate surface area is 190 Å². The zero-order chi connectivity index (χ0) is 22.5. The molecule has 1 amide bonds.